The van der Waals surface area contributed by atoms with E-state index in [9.17, 15) is 10.1 Å². The van der Waals surface area contributed by atoms with Crippen molar-refractivity contribution in [2.24, 2.45) is 0 Å². The van der Waals surface area contributed by atoms with E-state index in [2.05, 4.69) is 9.88 Å². The van der Waals surface area contributed by atoms with Crippen LogP contribution < -0.4 is 5.73 Å². The smallest absolute Gasteiger partial charge is 0.274 e. The highest BCUT2D eigenvalue weighted by atomic mass is 16.6. The van der Waals surface area contributed by atoms with Crippen LogP contribution >= 0.6 is 0 Å². The van der Waals surface area contributed by atoms with E-state index >= 15 is 0 Å². The molecule has 0 amide bonds. The lowest BCUT2D eigenvalue weighted by atomic mass is 10.0. The van der Waals surface area contributed by atoms with Crippen LogP contribution in [0.3, 0.4) is 0 Å². The molecule has 24 heavy (non-hydrogen) atoms. The topological polar surface area (TPSA) is 94.5 Å². The molecule has 0 radical (unpaired) electrons. The fourth-order valence-corrected chi connectivity index (χ4v) is 3.23. The highest BCUT2D eigenvalue weighted by molar-refractivity contribution is 5.89. The van der Waals surface area contributed by atoms with Crippen LogP contribution in [0.4, 0.5) is 11.5 Å². The molecular weight excluding hydrogens is 308 g/mol. The highest BCUT2D eigenvalue weighted by Crippen LogP contribution is 2.29. The summed E-state index contributed by atoms with van der Waals surface area (Å²) in [4.78, 5) is 17.5. The van der Waals surface area contributed by atoms with Crippen molar-refractivity contribution < 1.29 is 9.66 Å². The summed E-state index contributed by atoms with van der Waals surface area (Å²) < 4.78 is 5.36. The molecule has 0 bridgehead atoms. The molecule has 2 heterocycles. The molecule has 2 aromatic rings. The lowest BCUT2D eigenvalue weighted by Crippen LogP contribution is -2.36. The summed E-state index contributed by atoms with van der Waals surface area (Å²) in [7, 11) is 0. The van der Waals surface area contributed by atoms with Gasteiger partial charge in [-0.1, -0.05) is 0 Å². The Morgan fingerprint density at radius 2 is 2.12 bits per heavy atom. The molecule has 1 aliphatic rings. The maximum atomic E-state index is 11.1. The fourth-order valence-electron chi connectivity index (χ4n) is 3.23. The van der Waals surface area contributed by atoms with Crippen molar-refractivity contribution in [3.05, 3.63) is 39.4 Å². The number of fused-ring (bicyclic) bond motifs is 1. The number of pyridine rings is 1. The van der Waals surface area contributed by atoms with Gasteiger partial charge in [0, 0.05) is 24.5 Å². The minimum atomic E-state index is -0.377. The zero-order valence-corrected chi connectivity index (χ0v) is 13.8. The SMILES string of the molecule is Cc1c([N+](=O)[O-])ccc2c(CCCN3CCOCC3)cc(N)nc12. The van der Waals surface area contributed by atoms with Gasteiger partial charge in [0.15, 0.2) is 0 Å². The summed E-state index contributed by atoms with van der Waals surface area (Å²) in [5.41, 5.74) is 8.31. The number of aryl methyl sites for hydroxylation is 2. The Labute approximate surface area is 140 Å². The summed E-state index contributed by atoms with van der Waals surface area (Å²) in [5, 5.41) is 12.1. The van der Waals surface area contributed by atoms with E-state index in [-0.39, 0.29) is 10.6 Å². The number of benzene rings is 1. The van der Waals surface area contributed by atoms with Crippen LogP contribution in [-0.2, 0) is 11.2 Å². The Morgan fingerprint density at radius 3 is 2.83 bits per heavy atom. The largest absolute Gasteiger partial charge is 0.384 e. The molecule has 7 nitrogen and oxygen atoms in total. The van der Waals surface area contributed by atoms with Crippen molar-refractivity contribution in [1.82, 2.24) is 9.88 Å². The van der Waals surface area contributed by atoms with E-state index in [1.165, 1.54) is 0 Å². The summed E-state index contributed by atoms with van der Waals surface area (Å²) in [6, 6.07) is 5.23. The summed E-state index contributed by atoms with van der Waals surface area (Å²) in [6.07, 6.45) is 1.88. The number of aromatic nitrogens is 1. The number of anilines is 1. The van der Waals surface area contributed by atoms with Crippen molar-refractivity contribution in [1.29, 1.82) is 0 Å². The van der Waals surface area contributed by atoms with Gasteiger partial charge in [-0.3, -0.25) is 15.0 Å². The average molecular weight is 330 g/mol. The molecule has 0 aliphatic carbocycles. The summed E-state index contributed by atoms with van der Waals surface area (Å²) in [5.74, 6) is 0.410. The second-order valence-corrected chi connectivity index (χ2v) is 6.13. The Hall–Kier alpha value is -2.25. The zero-order valence-electron chi connectivity index (χ0n) is 13.8. The molecular formula is C17H22N4O3. The molecule has 3 rings (SSSR count). The first-order valence-corrected chi connectivity index (χ1v) is 8.19. The average Bonchev–Trinajstić information content (AvgIpc) is 2.56. The molecule has 0 saturated carbocycles. The number of nitrogen functional groups attached to an aromatic ring is 1. The van der Waals surface area contributed by atoms with Gasteiger partial charge in [0.05, 0.1) is 29.2 Å². The molecule has 1 aliphatic heterocycles. The molecule has 1 fully saturated rings. The molecule has 1 aromatic carbocycles. The van der Waals surface area contributed by atoms with E-state index in [4.69, 9.17) is 10.5 Å². The first-order valence-electron chi connectivity index (χ1n) is 8.19. The van der Waals surface area contributed by atoms with Gasteiger partial charge in [0.1, 0.15) is 5.82 Å². The van der Waals surface area contributed by atoms with Gasteiger partial charge in [-0.2, -0.15) is 0 Å². The van der Waals surface area contributed by atoms with Gasteiger partial charge in [-0.15, -0.1) is 0 Å². The van der Waals surface area contributed by atoms with Crippen LogP contribution in [0.25, 0.3) is 10.9 Å². The number of nitro benzene ring substituents is 1. The van der Waals surface area contributed by atoms with Crippen LogP contribution in [-0.4, -0.2) is 47.7 Å². The highest BCUT2D eigenvalue weighted by Gasteiger charge is 2.17. The van der Waals surface area contributed by atoms with Gasteiger partial charge < -0.3 is 10.5 Å². The van der Waals surface area contributed by atoms with Gasteiger partial charge >= 0.3 is 0 Å². The van der Waals surface area contributed by atoms with E-state index in [0.717, 1.165) is 56.6 Å². The number of nitro groups is 1. The quantitative estimate of drug-likeness (QED) is 0.668. The zero-order chi connectivity index (χ0) is 17.1. The second kappa shape index (κ2) is 7.11. The molecule has 128 valence electrons. The Morgan fingerprint density at radius 1 is 1.38 bits per heavy atom. The van der Waals surface area contributed by atoms with Crippen LogP contribution in [0.15, 0.2) is 18.2 Å². The Bertz CT molecular complexity index is 757. The third kappa shape index (κ3) is 3.47. The molecule has 7 heteroatoms. The van der Waals surface area contributed by atoms with Crippen molar-refractivity contribution in [2.45, 2.75) is 19.8 Å². The Kier molecular flexibility index (Phi) is 4.92. The van der Waals surface area contributed by atoms with E-state index in [1.807, 2.05) is 6.07 Å². The molecule has 0 spiro atoms. The van der Waals surface area contributed by atoms with Gasteiger partial charge in [-0.05, 0) is 44.0 Å². The van der Waals surface area contributed by atoms with Gasteiger partial charge in [0.25, 0.3) is 5.69 Å². The van der Waals surface area contributed by atoms with Gasteiger partial charge in [0.2, 0.25) is 0 Å². The lowest BCUT2D eigenvalue weighted by Gasteiger charge is -2.26. The molecule has 0 unspecified atom stereocenters. The fraction of sp³-hybridized carbons (Fsp3) is 0.471. The van der Waals surface area contributed by atoms with Crippen molar-refractivity contribution in [3.8, 4) is 0 Å². The van der Waals surface area contributed by atoms with Crippen LogP contribution in [0.1, 0.15) is 17.5 Å². The maximum absolute atomic E-state index is 11.1. The number of ether oxygens (including phenoxy) is 1. The molecule has 2 N–H and O–H groups in total. The van der Waals surface area contributed by atoms with E-state index in [0.29, 0.717) is 16.9 Å². The number of nitrogens with two attached hydrogens (primary N) is 1. The molecule has 0 atom stereocenters. The summed E-state index contributed by atoms with van der Waals surface area (Å²) >= 11 is 0. The number of hydrogen-bond donors (Lipinski definition) is 1. The number of hydrogen-bond acceptors (Lipinski definition) is 6. The first-order chi connectivity index (χ1) is 11.6. The number of morpholine rings is 1. The predicted molar refractivity (Wildman–Crippen MR) is 93.1 cm³/mol. The second-order valence-electron chi connectivity index (χ2n) is 6.13. The molecule has 1 saturated heterocycles. The number of nitrogens with zero attached hydrogens (tertiary/aromatic N) is 3. The van der Waals surface area contributed by atoms with Crippen LogP contribution in [0.2, 0.25) is 0 Å². The van der Waals surface area contributed by atoms with Crippen LogP contribution in [0.5, 0.6) is 0 Å². The minimum Gasteiger partial charge on any atom is -0.384 e. The monoisotopic (exact) mass is 330 g/mol. The van der Waals surface area contributed by atoms with Crippen molar-refractivity contribution in [3.63, 3.8) is 0 Å². The van der Waals surface area contributed by atoms with E-state index < -0.39 is 0 Å². The third-order valence-corrected chi connectivity index (χ3v) is 4.53. The Balaban J connectivity index is 1.82. The molecule has 1 aromatic heterocycles. The lowest BCUT2D eigenvalue weighted by molar-refractivity contribution is -0.385. The standard InChI is InChI=1S/C17H22N4O3/c1-12-15(21(22)23)5-4-14-13(11-16(18)19-17(12)14)3-2-6-20-7-9-24-10-8-20/h4-5,11H,2-3,6-10H2,1H3,(H2,18,19). The first kappa shape index (κ1) is 16.6. The van der Waals surface area contributed by atoms with Crippen molar-refractivity contribution >= 4 is 22.4 Å². The minimum absolute atomic E-state index is 0.0832. The predicted octanol–water partition coefficient (Wildman–Crippen LogP) is 2.30. The number of rotatable bonds is 5. The summed E-state index contributed by atoms with van der Waals surface area (Å²) in [6.45, 7) is 6.29. The van der Waals surface area contributed by atoms with Crippen molar-refractivity contribution in [2.75, 3.05) is 38.6 Å². The van der Waals surface area contributed by atoms with Crippen LogP contribution in [0, 0.1) is 17.0 Å². The van der Waals surface area contributed by atoms with Gasteiger partial charge in [-0.25, -0.2) is 4.98 Å². The maximum Gasteiger partial charge on any atom is 0.274 e. The van der Waals surface area contributed by atoms with E-state index in [1.54, 1.807) is 19.1 Å². The normalized spacial score (nSPS) is 15.7. The third-order valence-electron chi connectivity index (χ3n) is 4.53.